The lowest BCUT2D eigenvalue weighted by Gasteiger charge is -2.21. The first-order chi connectivity index (χ1) is 11.7. The first kappa shape index (κ1) is 16.4. The van der Waals surface area contributed by atoms with Crippen LogP contribution in [0.4, 0.5) is 0 Å². The lowest BCUT2D eigenvalue weighted by molar-refractivity contribution is 0.357. The number of aryl methyl sites for hydroxylation is 1. The minimum atomic E-state index is 0.781. The second-order valence-corrected chi connectivity index (χ2v) is 6.14. The van der Waals surface area contributed by atoms with Crippen molar-refractivity contribution in [3.05, 3.63) is 47.3 Å². The third kappa shape index (κ3) is 3.88. The summed E-state index contributed by atoms with van der Waals surface area (Å²) >= 11 is 0. The summed E-state index contributed by atoms with van der Waals surface area (Å²) in [6, 6.07) is 6.49. The standard InChI is InChI=1S/C18H25N5O/c1-19-18(22(2)12-15-11-21-23(3)13-15)20-8-6-14-4-5-17-16(10-14)7-9-24-17/h4-5,10-11,13H,6-9,12H2,1-3H3,(H,19,20). The number of nitrogens with zero attached hydrogens (tertiary/aromatic N) is 4. The summed E-state index contributed by atoms with van der Waals surface area (Å²) in [4.78, 5) is 6.47. The summed E-state index contributed by atoms with van der Waals surface area (Å²) in [6.45, 7) is 2.44. The minimum Gasteiger partial charge on any atom is -0.493 e. The first-order valence-corrected chi connectivity index (χ1v) is 8.29. The fraction of sp³-hybridized carbons (Fsp3) is 0.444. The molecule has 24 heavy (non-hydrogen) atoms. The van der Waals surface area contributed by atoms with E-state index in [-0.39, 0.29) is 0 Å². The normalized spacial score (nSPS) is 13.5. The monoisotopic (exact) mass is 327 g/mol. The number of ether oxygens (including phenoxy) is 1. The molecule has 6 nitrogen and oxygen atoms in total. The second kappa shape index (κ2) is 7.38. The summed E-state index contributed by atoms with van der Waals surface area (Å²) in [6.07, 6.45) is 5.89. The number of nitrogens with one attached hydrogen (secondary N) is 1. The van der Waals surface area contributed by atoms with E-state index in [0.29, 0.717) is 0 Å². The number of aromatic nitrogens is 2. The Labute approximate surface area is 143 Å². The molecule has 0 atom stereocenters. The average Bonchev–Trinajstić information content (AvgIpc) is 3.19. The molecule has 1 N–H and O–H groups in total. The molecule has 0 saturated carbocycles. The van der Waals surface area contributed by atoms with Gasteiger partial charge in [0.2, 0.25) is 0 Å². The van der Waals surface area contributed by atoms with Gasteiger partial charge in [-0.3, -0.25) is 9.67 Å². The molecular weight excluding hydrogens is 302 g/mol. The molecule has 0 bridgehead atoms. The average molecular weight is 327 g/mol. The second-order valence-electron chi connectivity index (χ2n) is 6.14. The molecule has 3 rings (SSSR count). The fourth-order valence-electron chi connectivity index (χ4n) is 3.00. The summed E-state index contributed by atoms with van der Waals surface area (Å²) in [5, 5.41) is 7.63. The minimum absolute atomic E-state index is 0.781. The van der Waals surface area contributed by atoms with Gasteiger partial charge < -0.3 is 15.0 Å². The highest BCUT2D eigenvalue weighted by Gasteiger charge is 2.12. The van der Waals surface area contributed by atoms with Crippen LogP contribution in [-0.4, -0.2) is 47.9 Å². The molecule has 0 aliphatic carbocycles. The zero-order valence-electron chi connectivity index (χ0n) is 14.6. The zero-order chi connectivity index (χ0) is 16.9. The number of guanidine groups is 1. The maximum absolute atomic E-state index is 5.56. The zero-order valence-corrected chi connectivity index (χ0v) is 14.6. The first-order valence-electron chi connectivity index (χ1n) is 8.29. The van der Waals surface area contributed by atoms with Gasteiger partial charge in [0.05, 0.1) is 12.8 Å². The summed E-state index contributed by atoms with van der Waals surface area (Å²) < 4.78 is 7.37. The van der Waals surface area contributed by atoms with Gasteiger partial charge in [-0.15, -0.1) is 0 Å². The number of aliphatic imine (C=N–C) groups is 1. The summed E-state index contributed by atoms with van der Waals surface area (Å²) in [5.74, 6) is 1.93. The van der Waals surface area contributed by atoms with E-state index in [1.807, 2.05) is 38.2 Å². The van der Waals surface area contributed by atoms with Crippen LogP contribution >= 0.6 is 0 Å². The van der Waals surface area contributed by atoms with Crippen molar-refractivity contribution in [1.82, 2.24) is 20.0 Å². The quantitative estimate of drug-likeness (QED) is 0.669. The maximum Gasteiger partial charge on any atom is 0.193 e. The van der Waals surface area contributed by atoms with Crippen LogP contribution in [0.5, 0.6) is 5.75 Å². The van der Waals surface area contributed by atoms with Crippen molar-refractivity contribution in [3.63, 3.8) is 0 Å². The lowest BCUT2D eigenvalue weighted by Crippen LogP contribution is -2.39. The van der Waals surface area contributed by atoms with E-state index >= 15 is 0 Å². The molecule has 2 aromatic rings. The van der Waals surface area contributed by atoms with Crippen LogP contribution in [0.2, 0.25) is 0 Å². The molecule has 0 unspecified atom stereocenters. The molecule has 6 heteroatoms. The topological polar surface area (TPSA) is 54.7 Å². The van der Waals surface area contributed by atoms with Crippen LogP contribution < -0.4 is 10.1 Å². The molecule has 0 saturated heterocycles. The predicted octanol–water partition coefficient (Wildman–Crippen LogP) is 1.60. The van der Waals surface area contributed by atoms with Gasteiger partial charge in [-0.1, -0.05) is 12.1 Å². The molecule has 1 aromatic carbocycles. The van der Waals surface area contributed by atoms with E-state index in [4.69, 9.17) is 4.74 Å². The molecule has 1 aliphatic rings. The Morgan fingerprint density at radius 2 is 2.29 bits per heavy atom. The van der Waals surface area contributed by atoms with E-state index in [0.717, 1.165) is 44.2 Å². The van der Waals surface area contributed by atoms with Gasteiger partial charge in [0, 0.05) is 52.4 Å². The maximum atomic E-state index is 5.56. The van der Waals surface area contributed by atoms with Gasteiger partial charge in [-0.2, -0.15) is 5.10 Å². The highest BCUT2D eigenvalue weighted by molar-refractivity contribution is 5.79. The van der Waals surface area contributed by atoms with Crippen LogP contribution in [0, 0.1) is 0 Å². The SMILES string of the molecule is CN=C(NCCc1ccc2c(c1)CCO2)N(C)Cc1cnn(C)c1. The lowest BCUT2D eigenvalue weighted by atomic mass is 10.1. The smallest absolute Gasteiger partial charge is 0.193 e. The number of fused-ring (bicyclic) bond motifs is 1. The summed E-state index contributed by atoms with van der Waals surface area (Å²) in [5.41, 5.74) is 3.82. The largest absolute Gasteiger partial charge is 0.493 e. The highest BCUT2D eigenvalue weighted by atomic mass is 16.5. The van der Waals surface area contributed by atoms with E-state index in [9.17, 15) is 0 Å². The third-order valence-electron chi connectivity index (χ3n) is 4.20. The van der Waals surface area contributed by atoms with E-state index in [2.05, 4.69) is 38.5 Å². The number of hydrogen-bond acceptors (Lipinski definition) is 3. The molecule has 0 fully saturated rings. The Kier molecular flexibility index (Phi) is 5.03. The molecule has 2 heterocycles. The van der Waals surface area contributed by atoms with E-state index in [1.54, 1.807) is 0 Å². The van der Waals surface area contributed by atoms with Crippen molar-refractivity contribution in [1.29, 1.82) is 0 Å². The van der Waals surface area contributed by atoms with E-state index < -0.39 is 0 Å². The van der Waals surface area contributed by atoms with Crippen molar-refractivity contribution in [2.24, 2.45) is 12.0 Å². The van der Waals surface area contributed by atoms with E-state index in [1.165, 1.54) is 16.7 Å². The molecule has 0 radical (unpaired) electrons. The van der Waals surface area contributed by atoms with Gasteiger partial charge in [0.1, 0.15) is 5.75 Å². The Balaban J connectivity index is 1.50. The van der Waals surface area contributed by atoms with Gasteiger partial charge in [-0.05, 0) is 23.6 Å². The van der Waals surface area contributed by atoms with Crippen molar-refractivity contribution in [2.45, 2.75) is 19.4 Å². The van der Waals surface area contributed by atoms with Crippen molar-refractivity contribution < 1.29 is 4.74 Å². The number of hydrogen-bond donors (Lipinski definition) is 1. The third-order valence-corrected chi connectivity index (χ3v) is 4.20. The van der Waals surface area contributed by atoms with Gasteiger partial charge >= 0.3 is 0 Å². The predicted molar refractivity (Wildman–Crippen MR) is 95.4 cm³/mol. The van der Waals surface area contributed by atoms with Crippen molar-refractivity contribution in [3.8, 4) is 5.75 Å². The van der Waals surface area contributed by atoms with Crippen LogP contribution in [-0.2, 0) is 26.4 Å². The number of rotatable bonds is 5. The van der Waals surface area contributed by atoms with Crippen LogP contribution in [0.1, 0.15) is 16.7 Å². The molecule has 0 amide bonds. The van der Waals surface area contributed by atoms with Crippen molar-refractivity contribution >= 4 is 5.96 Å². The number of benzene rings is 1. The van der Waals surface area contributed by atoms with Crippen LogP contribution in [0.15, 0.2) is 35.6 Å². The molecule has 1 aromatic heterocycles. The Morgan fingerprint density at radius 3 is 3.04 bits per heavy atom. The van der Waals surface area contributed by atoms with Crippen LogP contribution in [0.25, 0.3) is 0 Å². The van der Waals surface area contributed by atoms with Crippen LogP contribution in [0.3, 0.4) is 0 Å². The molecule has 0 spiro atoms. The van der Waals surface area contributed by atoms with Gasteiger partial charge in [0.15, 0.2) is 5.96 Å². The Hall–Kier alpha value is -2.50. The van der Waals surface area contributed by atoms with Gasteiger partial charge in [0.25, 0.3) is 0 Å². The Morgan fingerprint density at radius 1 is 1.42 bits per heavy atom. The summed E-state index contributed by atoms with van der Waals surface area (Å²) in [7, 11) is 5.78. The highest BCUT2D eigenvalue weighted by Crippen LogP contribution is 2.25. The fourth-order valence-corrected chi connectivity index (χ4v) is 3.00. The Bertz CT molecular complexity index is 722. The van der Waals surface area contributed by atoms with Crippen molar-refractivity contribution in [2.75, 3.05) is 27.2 Å². The molecule has 128 valence electrons. The van der Waals surface area contributed by atoms with Gasteiger partial charge in [-0.25, -0.2) is 0 Å². The molecule has 1 aliphatic heterocycles. The molecular formula is C18H25N5O.